The van der Waals surface area contributed by atoms with Gasteiger partial charge in [-0.15, -0.1) is 22.7 Å². The van der Waals surface area contributed by atoms with Crippen LogP contribution < -0.4 is 0 Å². The highest BCUT2D eigenvalue weighted by Crippen LogP contribution is 2.31. The van der Waals surface area contributed by atoms with Gasteiger partial charge in [0.25, 0.3) is 5.91 Å². The number of aromatic nitrogens is 1. The van der Waals surface area contributed by atoms with Gasteiger partial charge in [0, 0.05) is 7.05 Å². The molecule has 3 rings (SSSR count). The quantitative estimate of drug-likeness (QED) is 0.612. The molecule has 0 unspecified atom stereocenters. The van der Waals surface area contributed by atoms with Gasteiger partial charge in [-0.1, -0.05) is 6.07 Å². The fourth-order valence-corrected chi connectivity index (χ4v) is 4.37. The van der Waals surface area contributed by atoms with Crippen LogP contribution in [0.5, 0.6) is 0 Å². The topological polar surface area (TPSA) is 72.6 Å². The Hall–Kier alpha value is -2.45. The number of aryl methyl sites for hydroxylation is 2. The normalized spacial score (nSPS) is 10.8. The maximum atomic E-state index is 12.8. The molecule has 0 aliphatic rings. The number of nitrogens with zero attached hydrogens (tertiary/aromatic N) is 2. The fraction of sp³-hybridized carbons (Fsp3) is 0.278. The van der Waals surface area contributed by atoms with Crippen molar-refractivity contribution in [2.75, 3.05) is 14.2 Å². The van der Waals surface area contributed by atoms with Crippen LogP contribution in [0, 0.1) is 13.8 Å². The van der Waals surface area contributed by atoms with Crippen LogP contribution in [0.2, 0.25) is 0 Å². The first-order chi connectivity index (χ1) is 12.4. The molecule has 0 aliphatic heterocycles. The molecule has 0 saturated heterocycles. The van der Waals surface area contributed by atoms with Gasteiger partial charge in [-0.25, -0.2) is 9.78 Å². The number of esters is 1. The van der Waals surface area contributed by atoms with Gasteiger partial charge in [-0.3, -0.25) is 4.79 Å². The van der Waals surface area contributed by atoms with Crippen LogP contribution in [0.25, 0.3) is 9.88 Å². The van der Waals surface area contributed by atoms with E-state index in [-0.39, 0.29) is 12.5 Å². The summed E-state index contributed by atoms with van der Waals surface area (Å²) in [4.78, 5) is 32.2. The molecule has 3 aromatic heterocycles. The zero-order chi connectivity index (χ0) is 18.8. The Morgan fingerprint density at radius 1 is 1.35 bits per heavy atom. The summed E-state index contributed by atoms with van der Waals surface area (Å²) >= 11 is 2.98. The van der Waals surface area contributed by atoms with E-state index in [0.717, 1.165) is 9.88 Å². The Balaban J connectivity index is 1.77. The molecule has 1 amide bonds. The van der Waals surface area contributed by atoms with E-state index in [1.807, 2.05) is 24.4 Å². The zero-order valence-corrected chi connectivity index (χ0v) is 16.5. The molecule has 0 N–H and O–H groups in total. The standard InChI is InChI=1S/C18H18N2O4S2/c1-10-15(26-16(19-10)14-6-5-7-25-14)17(21)20(3)9-12-8-13(11(2)24-12)18(22)23-4/h5-8H,9H2,1-4H3. The molecule has 8 heteroatoms. The molecule has 0 aliphatic carbocycles. The average Bonchev–Trinajstić information content (AvgIpc) is 3.33. The van der Waals surface area contributed by atoms with Crippen molar-refractivity contribution in [3.8, 4) is 9.88 Å². The number of methoxy groups -OCH3 is 1. The first kappa shape index (κ1) is 18.3. The lowest BCUT2D eigenvalue weighted by atomic mass is 10.2. The Kier molecular flexibility index (Phi) is 5.24. The van der Waals surface area contributed by atoms with E-state index in [1.165, 1.54) is 18.4 Å². The largest absolute Gasteiger partial charge is 0.465 e. The van der Waals surface area contributed by atoms with Crippen molar-refractivity contribution in [1.29, 1.82) is 0 Å². The Morgan fingerprint density at radius 3 is 2.77 bits per heavy atom. The predicted octanol–water partition coefficient (Wildman–Crippen LogP) is 4.14. The number of rotatable bonds is 5. The Labute approximate surface area is 159 Å². The third-order valence-corrected chi connectivity index (χ3v) is 6.02. The van der Waals surface area contributed by atoms with Crippen molar-refractivity contribution >= 4 is 34.6 Å². The van der Waals surface area contributed by atoms with Crippen molar-refractivity contribution < 1.29 is 18.7 Å². The van der Waals surface area contributed by atoms with E-state index in [4.69, 9.17) is 9.15 Å². The van der Waals surface area contributed by atoms with Gasteiger partial charge >= 0.3 is 5.97 Å². The van der Waals surface area contributed by atoms with Crippen molar-refractivity contribution in [1.82, 2.24) is 9.88 Å². The van der Waals surface area contributed by atoms with E-state index in [2.05, 4.69) is 4.98 Å². The van der Waals surface area contributed by atoms with E-state index in [1.54, 1.807) is 36.3 Å². The molecule has 0 bridgehead atoms. The number of hydrogen-bond donors (Lipinski definition) is 0. The second kappa shape index (κ2) is 7.43. The van der Waals surface area contributed by atoms with E-state index >= 15 is 0 Å². The molecule has 3 aromatic rings. The van der Waals surface area contributed by atoms with Crippen LogP contribution in [0.3, 0.4) is 0 Å². The number of hydrogen-bond acceptors (Lipinski definition) is 7. The monoisotopic (exact) mass is 390 g/mol. The summed E-state index contributed by atoms with van der Waals surface area (Å²) in [5.74, 6) is 0.419. The number of carbonyl (C=O) groups is 2. The van der Waals surface area contributed by atoms with Gasteiger partial charge < -0.3 is 14.1 Å². The molecule has 6 nitrogen and oxygen atoms in total. The van der Waals surface area contributed by atoms with Crippen LogP contribution in [0.4, 0.5) is 0 Å². The lowest BCUT2D eigenvalue weighted by molar-refractivity contribution is 0.0598. The van der Waals surface area contributed by atoms with Gasteiger partial charge in [0.05, 0.1) is 24.2 Å². The molecule has 0 aromatic carbocycles. The minimum Gasteiger partial charge on any atom is -0.465 e. The summed E-state index contributed by atoms with van der Waals surface area (Å²) in [6.45, 7) is 3.78. The lowest BCUT2D eigenvalue weighted by Gasteiger charge is -2.14. The van der Waals surface area contributed by atoms with Gasteiger partial charge in [-0.2, -0.15) is 0 Å². The fourth-order valence-electron chi connectivity index (χ4n) is 2.51. The van der Waals surface area contributed by atoms with Gasteiger partial charge in [-0.05, 0) is 31.4 Å². The Morgan fingerprint density at radius 2 is 2.12 bits per heavy atom. The van der Waals surface area contributed by atoms with Crippen LogP contribution in [0.1, 0.15) is 37.2 Å². The molecule has 0 spiro atoms. The third kappa shape index (κ3) is 3.56. The molecular weight excluding hydrogens is 372 g/mol. The highest BCUT2D eigenvalue weighted by atomic mass is 32.1. The molecule has 0 radical (unpaired) electrons. The summed E-state index contributed by atoms with van der Waals surface area (Å²) in [5.41, 5.74) is 1.08. The second-order valence-corrected chi connectivity index (χ2v) is 7.69. The number of furan rings is 1. The first-order valence-electron chi connectivity index (χ1n) is 7.85. The molecule has 26 heavy (non-hydrogen) atoms. The number of amides is 1. The second-order valence-electron chi connectivity index (χ2n) is 5.75. The van der Waals surface area contributed by atoms with Crippen molar-refractivity contribution in [2.45, 2.75) is 20.4 Å². The Bertz CT molecular complexity index is 941. The van der Waals surface area contributed by atoms with Crippen LogP contribution in [0.15, 0.2) is 28.0 Å². The molecule has 0 atom stereocenters. The summed E-state index contributed by atoms with van der Waals surface area (Å²) < 4.78 is 10.3. The average molecular weight is 390 g/mol. The summed E-state index contributed by atoms with van der Waals surface area (Å²) in [6.07, 6.45) is 0. The van der Waals surface area contributed by atoms with Gasteiger partial charge in [0.2, 0.25) is 0 Å². The van der Waals surface area contributed by atoms with Crippen LogP contribution >= 0.6 is 22.7 Å². The van der Waals surface area contributed by atoms with Crippen molar-refractivity contribution in [3.63, 3.8) is 0 Å². The number of carbonyl (C=O) groups excluding carboxylic acids is 2. The number of ether oxygens (including phenoxy) is 1. The molecule has 0 fully saturated rings. The molecule has 136 valence electrons. The minimum absolute atomic E-state index is 0.128. The highest BCUT2D eigenvalue weighted by Gasteiger charge is 2.22. The third-order valence-electron chi connectivity index (χ3n) is 3.84. The van der Waals surface area contributed by atoms with Crippen LogP contribution in [-0.4, -0.2) is 35.9 Å². The van der Waals surface area contributed by atoms with Crippen LogP contribution in [-0.2, 0) is 11.3 Å². The smallest absolute Gasteiger partial charge is 0.341 e. The minimum atomic E-state index is -0.453. The maximum Gasteiger partial charge on any atom is 0.341 e. The van der Waals surface area contributed by atoms with Gasteiger partial charge in [0.1, 0.15) is 27.0 Å². The molecular formula is C18H18N2O4S2. The van der Waals surface area contributed by atoms with Crippen molar-refractivity contribution in [3.05, 3.63) is 51.2 Å². The van der Waals surface area contributed by atoms with E-state index in [9.17, 15) is 9.59 Å². The lowest BCUT2D eigenvalue weighted by Crippen LogP contribution is -2.25. The van der Waals surface area contributed by atoms with E-state index < -0.39 is 5.97 Å². The highest BCUT2D eigenvalue weighted by molar-refractivity contribution is 7.22. The summed E-state index contributed by atoms with van der Waals surface area (Å²) in [7, 11) is 3.02. The molecule has 3 heterocycles. The summed E-state index contributed by atoms with van der Waals surface area (Å²) in [6, 6.07) is 5.56. The van der Waals surface area contributed by atoms with Crippen molar-refractivity contribution in [2.24, 2.45) is 0 Å². The summed E-state index contributed by atoms with van der Waals surface area (Å²) in [5, 5.41) is 2.83. The number of thiazole rings is 1. The predicted molar refractivity (Wildman–Crippen MR) is 101 cm³/mol. The van der Waals surface area contributed by atoms with Gasteiger partial charge in [0.15, 0.2) is 0 Å². The molecule has 0 saturated carbocycles. The zero-order valence-electron chi connectivity index (χ0n) is 14.9. The first-order valence-corrected chi connectivity index (χ1v) is 9.54. The maximum absolute atomic E-state index is 12.8. The number of thiophene rings is 1. The van der Waals surface area contributed by atoms with E-state index in [0.29, 0.717) is 27.7 Å². The SMILES string of the molecule is COC(=O)c1cc(CN(C)C(=O)c2sc(-c3cccs3)nc2C)oc1C.